The third-order valence-electron chi connectivity index (χ3n) is 3.44. The zero-order valence-corrected chi connectivity index (χ0v) is 10.2. The third kappa shape index (κ3) is 1.56. The van der Waals surface area contributed by atoms with Crippen LogP contribution >= 0.6 is 0 Å². The molecule has 0 radical (unpaired) electrons. The Hall–Kier alpha value is -2.50. The molecular formula is C13H12N6. The van der Waals surface area contributed by atoms with E-state index >= 15 is 0 Å². The summed E-state index contributed by atoms with van der Waals surface area (Å²) in [6, 6.07) is 7.68. The predicted molar refractivity (Wildman–Crippen MR) is 70.8 cm³/mol. The van der Waals surface area contributed by atoms with Gasteiger partial charge in [0.1, 0.15) is 0 Å². The largest absolute Gasteiger partial charge is 0.397 e. The number of benzene rings is 1. The number of nitrogens with two attached hydrogens (primary N) is 1. The number of rotatable bonds is 2. The molecule has 0 amide bonds. The highest BCUT2D eigenvalue weighted by Gasteiger charge is 2.30. The maximum Gasteiger partial charge on any atom is 0.159 e. The van der Waals surface area contributed by atoms with Gasteiger partial charge in [0.05, 0.1) is 16.9 Å². The molecule has 0 unspecified atom stereocenters. The molecule has 0 spiro atoms. The molecule has 0 atom stereocenters. The number of nitrogen functional groups attached to an aromatic ring is 1. The Morgan fingerprint density at radius 2 is 2.11 bits per heavy atom. The highest BCUT2D eigenvalue weighted by Crippen LogP contribution is 2.39. The van der Waals surface area contributed by atoms with Crippen LogP contribution in [0.3, 0.4) is 0 Å². The molecule has 6 heteroatoms. The number of anilines is 1. The first kappa shape index (κ1) is 10.4. The first-order valence-corrected chi connectivity index (χ1v) is 6.26. The molecule has 94 valence electrons. The Morgan fingerprint density at radius 1 is 1.21 bits per heavy atom. The second-order valence-electron chi connectivity index (χ2n) is 4.80. The Labute approximate surface area is 109 Å². The average molecular weight is 252 g/mol. The molecule has 1 aliphatic rings. The summed E-state index contributed by atoms with van der Waals surface area (Å²) >= 11 is 0. The van der Waals surface area contributed by atoms with E-state index in [1.807, 2.05) is 24.3 Å². The summed E-state index contributed by atoms with van der Waals surface area (Å²) in [5.41, 5.74) is 8.36. The van der Waals surface area contributed by atoms with Crippen LogP contribution < -0.4 is 5.73 Å². The van der Waals surface area contributed by atoms with E-state index in [2.05, 4.69) is 20.5 Å². The average Bonchev–Trinajstić information content (AvgIpc) is 3.18. The van der Waals surface area contributed by atoms with Crippen molar-refractivity contribution in [1.29, 1.82) is 0 Å². The van der Waals surface area contributed by atoms with Gasteiger partial charge in [0.25, 0.3) is 0 Å². The van der Waals surface area contributed by atoms with Crippen LogP contribution in [0.4, 0.5) is 5.69 Å². The van der Waals surface area contributed by atoms with Gasteiger partial charge in [0.15, 0.2) is 5.82 Å². The second kappa shape index (κ2) is 3.74. The van der Waals surface area contributed by atoms with E-state index < -0.39 is 0 Å². The molecule has 4 rings (SSSR count). The molecule has 6 nitrogen and oxygen atoms in total. The van der Waals surface area contributed by atoms with Crippen LogP contribution in [-0.4, -0.2) is 25.2 Å². The molecule has 2 N–H and O–H groups in total. The van der Waals surface area contributed by atoms with Crippen molar-refractivity contribution in [3.05, 3.63) is 36.3 Å². The second-order valence-corrected chi connectivity index (χ2v) is 4.80. The summed E-state index contributed by atoms with van der Waals surface area (Å²) in [5.74, 6) is 1.41. The lowest BCUT2D eigenvalue weighted by Crippen LogP contribution is -2.04. The number of pyridine rings is 1. The van der Waals surface area contributed by atoms with Crippen LogP contribution in [0.25, 0.3) is 16.6 Å². The number of fused-ring (bicyclic) bond motifs is 1. The van der Waals surface area contributed by atoms with Gasteiger partial charge in [-0.15, -0.1) is 5.10 Å². The van der Waals surface area contributed by atoms with E-state index in [0.29, 0.717) is 11.6 Å². The molecule has 0 bridgehead atoms. The number of hydrogen-bond donors (Lipinski definition) is 1. The molecular weight excluding hydrogens is 240 g/mol. The van der Waals surface area contributed by atoms with E-state index in [4.69, 9.17) is 5.73 Å². The lowest BCUT2D eigenvalue weighted by Gasteiger charge is -2.08. The van der Waals surface area contributed by atoms with Gasteiger partial charge in [-0.2, -0.15) is 4.68 Å². The third-order valence-corrected chi connectivity index (χ3v) is 3.44. The first-order valence-electron chi connectivity index (χ1n) is 6.26. The van der Waals surface area contributed by atoms with Crippen molar-refractivity contribution in [2.45, 2.75) is 18.8 Å². The molecule has 1 fully saturated rings. The van der Waals surface area contributed by atoms with Gasteiger partial charge in [0.2, 0.25) is 0 Å². The van der Waals surface area contributed by atoms with Crippen LogP contribution in [0.2, 0.25) is 0 Å². The molecule has 3 aromatic rings. The lowest BCUT2D eigenvalue weighted by molar-refractivity contribution is 0.767. The summed E-state index contributed by atoms with van der Waals surface area (Å²) in [7, 11) is 0. The maximum absolute atomic E-state index is 5.97. The van der Waals surface area contributed by atoms with Crippen molar-refractivity contribution in [3.63, 3.8) is 0 Å². The predicted octanol–water partition coefficient (Wildman–Crippen LogP) is 1.67. The standard InChI is InChI=1S/C13H12N6/c14-10-5-6-11(9-2-1-7-15-12(9)10)19-13(8-3-4-8)16-17-18-19/h1-2,5-8H,3-4,14H2. The molecule has 0 saturated heterocycles. The van der Waals surface area contributed by atoms with Crippen LogP contribution in [0.5, 0.6) is 0 Å². The van der Waals surface area contributed by atoms with Crippen molar-refractivity contribution >= 4 is 16.6 Å². The van der Waals surface area contributed by atoms with Gasteiger partial charge < -0.3 is 5.73 Å². The van der Waals surface area contributed by atoms with Crippen molar-refractivity contribution < 1.29 is 0 Å². The fraction of sp³-hybridized carbons (Fsp3) is 0.231. The van der Waals surface area contributed by atoms with Gasteiger partial charge >= 0.3 is 0 Å². The fourth-order valence-corrected chi connectivity index (χ4v) is 2.33. The number of nitrogens with zero attached hydrogens (tertiary/aromatic N) is 5. The SMILES string of the molecule is Nc1ccc(-n2nnnc2C2CC2)c2cccnc12. The van der Waals surface area contributed by atoms with Crippen molar-refractivity contribution in [1.82, 2.24) is 25.2 Å². The smallest absolute Gasteiger partial charge is 0.159 e. The number of tetrazole rings is 1. The molecule has 1 aromatic carbocycles. The van der Waals surface area contributed by atoms with Gasteiger partial charge in [-0.1, -0.05) is 0 Å². The monoisotopic (exact) mass is 252 g/mol. The van der Waals surface area contributed by atoms with E-state index in [9.17, 15) is 0 Å². The molecule has 19 heavy (non-hydrogen) atoms. The topological polar surface area (TPSA) is 82.5 Å². The zero-order chi connectivity index (χ0) is 12.8. The highest BCUT2D eigenvalue weighted by atomic mass is 15.5. The molecule has 1 aliphatic carbocycles. The van der Waals surface area contributed by atoms with E-state index in [0.717, 1.165) is 35.3 Å². The van der Waals surface area contributed by atoms with E-state index in [1.54, 1.807) is 10.9 Å². The Morgan fingerprint density at radius 3 is 2.95 bits per heavy atom. The minimum absolute atomic E-state index is 0.485. The van der Waals surface area contributed by atoms with Gasteiger partial charge in [-0.3, -0.25) is 4.98 Å². The highest BCUT2D eigenvalue weighted by molar-refractivity contribution is 5.95. The van der Waals surface area contributed by atoms with Crippen LogP contribution in [0, 0.1) is 0 Å². The van der Waals surface area contributed by atoms with Crippen molar-refractivity contribution in [2.75, 3.05) is 5.73 Å². The van der Waals surface area contributed by atoms with Crippen LogP contribution in [0.1, 0.15) is 24.6 Å². The summed E-state index contributed by atoms with van der Waals surface area (Å²) in [6.45, 7) is 0. The van der Waals surface area contributed by atoms with E-state index in [1.165, 1.54) is 0 Å². The number of aromatic nitrogens is 5. The normalized spacial score (nSPS) is 14.9. The summed E-state index contributed by atoms with van der Waals surface area (Å²) in [6.07, 6.45) is 4.06. The quantitative estimate of drug-likeness (QED) is 0.701. The molecule has 1 saturated carbocycles. The lowest BCUT2D eigenvalue weighted by atomic mass is 10.1. The molecule has 2 heterocycles. The van der Waals surface area contributed by atoms with Crippen LogP contribution in [-0.2, 0) is 0 Å². The van der Waals surface area contributed by atoms with Gasteiger partial charge in [-0.05, 0) is 47.5 Å². The minimum Gasteiger partial charge on any atom is -0.397 e. The van der Waals surface area contributed by atoms with Gasteiger partial charge in [-0.25, -0.2) is 0 Å². The number of hydrogen-bond acceptors (Lipinski definition) is 5. The molecule has 2 aromatic heterocycles. The van der Waals surface area contributed by atoms with Crippen LogP contribution in [0.15, 0.2) is 30.5 Å². The Bertz CT molecular complexity index is 759. The summed E-state index contributed by atoms with van der Waals surface area (Å²) < 4.78 is 1.81. The fourth-order valence-electron chi connectivity index (χ4n) is 2.33. The Kier molecular flexibility index (Phi) is 2.05. The van der Waals surface area contributed by atoms with E-state index in [-0.39, 0.29) is 0 Å². The molecule has 0 aliphatic heterocycles. The first-order chi connectivity index (χ1) is 9.34. The van der Waals surface area contributed by atoms with Crippen molar-refractivity contribution in [3.8, 4) is 5.69 Å². The van der Waals surface area contributed by atoms with Gasteiger partial charge in [0, 0.05) is 17.5 Å². The Balaban J connectivity index is 2.00. The summed E-state index contributed by atoms with van der Waals surface area (Å²) in [5, 5.41) is 13.0. The summed E-state index contributed by atoms with van der Waals surface area (Å²) in [4.78, 5) is 4.33. The minimum atomic E-state index is 0.485. The van der Waals surface area contributed by atoms with Crippen molar-refractivity contribution in [2.24, 2.45) is 0 Å². The maximum atomic E-state index is 5.97. The zero-order valence-electron chi connectivity index (χ0n) is 10.2.